The number of halogens is 1. The van der Waals surface area contributed by atoms with Gasteiger partial charge in [0.15, 0.2) is 0 Å². The third-order valence-electron chi connectivity index (χ3n) is 1.60. The Morgan fingerprint density at radius 1 is 1.40 bits per heavy atom. The van der Waals surface area contributed by atoms with Gasteiger partial charge in [0, 0.05) is 10.9 Å². The van der Waals surface area contributed by atoms with Crippen LogP contribution in [0.3, 0.4) is 0 Å². The molecule has 0 bridgehead atoms. The van der Waals surface area contributed by atoms with Crippen molar-refractivity contribution >= 4 is 38.8 Å². The fraction of sp³-hybridized carbons (Fsp3) is 0. The third kappa shape index (κ3) is 2.27. The van der Waals surface area contributed by atoms with Gasteiger partial charge >= 0.3 is 0 Å². The van der Waals surface area contributed by atoms with E-state index in [1.54, 1.807) is 11.3 Å². The lowest BCUT2D eigenvalue weighted by Crippen LogP contribution is -1.75. The molecule has 0 aliphatic rings. The van der Waals surface area contributed by atoms with E-state index in [1.807, 2.05) is 16.8 Å². The number of thiophene rings is 1. The van der Waals surface area contributed by atoms with Crippen LogP contribution in [0.25, 0.3) is 0 Å². The quantitative estimate of drug-likeness (QED) is 0.700. The van der Waals surface area contributed by atoms with Crippen molar-refractivity contribution in [1.29, 1.82) is 5.26 Å². The van der Waals surface area contributed by atoms with Crippen molar-refractivity contribution in [1.82, 2.24) is 4.37 Å². The van der Waals surface area contributed by atoms with Gasteiger partial charge < -0.3 is 0 Å². The van der Waals surface area contributed by atoms with E-state index in [1.165, 1.54) is 11.5 Å². The molecular formula is C10H3BrN2S2. The number of hydrogen-bond donors (Lipinski definition) is 0. The van der Waals surface area contributed by atoms with E-state index in [9.17, 15) is 0 Å². The lowest BCUT2D eigenvalue weighted by Gasteiger charge is -1.81. The third-order valence-corrected chi connectivity index (χ3v) is 3.86. The van der Waals surface area contributed by atoms with Gasteiger partial charge in [0.2, 0.25) is 0 Å². The highest BCUT2D eigenvalue weighted by Crippen LogP contribution is 2.21. The molecule has 2 aromatic rings. The summed E-state index contributed by atoms with van der Waals surface area (Å²) in [5.74, 6) is 5.94. The minimum atomic E-state index is 0.516. The summed E-state index contributed by atoms with van der Waals surface area (Å²) in [6, 6.07) is 4.02. The van der Waals surface area contributed by atoms with Crippen LogP contribution in [0.1, 0.15) is 16.0 Å². The maximum Gasteiger partial charge on any atom is 0.139 e. The van der Waals surface area contributed by atoms with Gasteiger partial charge in [0.25, 0.3) is 0 Å². The minimum Gasteiger partial charge on any atom is -0.192 e. The zero-order chi connectivity index (χ0) is 10.7. The highest BCUT2D eigenvalue weighted by atomic mass is 79.9. The SMILES string of the molecule is N#Cc1c(Br)nsc1C#Cc1ccsc1. The molecule has 0 saturated carbocycles. The molecule has 0 aliphatic heterocycles. The van der Waals surface area contributed by atoms with Crippen LogP contribution in [0.15, 0.2) is 21.4 Å². The van der Waals surface area contributed by atoms with Crippen LogP contribution in [-0.4, -0.2) is 4.37 Å². The molecule has 0 saturated heterocycles. The van der Waals surface area contributed by atoms with Crippen molar-refractivity contribution in [3.8, 4) is 17.9 Å². The summed E-state index contributed by atoms with van der Waals surface area (Å²) >= 11 is 6.04. The molecule has 0 aliphatic carbocycles. The normalized spacial score (nSPS) is 9.07. The summed E-state index contributed by atoms with van der Waals surface area (Å²) in [4.78, 5) is 0.704. The highest BCUT2D eigenvalue weighted by molar-refractivity contribution is 9.10. The molecule has 2 nitrogen and oxygen atoms in total. The molecule has 15 heavy (non-hydrogen) atoms. The minimum absolute atomic E-state index is 0.516. The van der Waals surface area contributed by atoms with Crippen LogP contribution in [0.4, 0.5) is 0 Å². The van der Waals surface area contributed by atoms with E-state index in [0.29, 0.717) is 15.0 Å². The van der Waals surface area contributed by atoms with Crippen LogP contribution in [-0.2, 0) is 0 Å². The first-order valence-corrected chi connectivity index (χ1v) is 6.41. The topological polar surface area (TPSA) is 36.7 Å². The van der Waals surface area contributed by atoms with Gasteiger partial charge in [-0.15, -0.1) is 0 Å². The predicted molar refractivity (Wildman–Crippen MR) is 64.8 cm³/mol. The molecule has 72 valence electrons. The number of nitrogens with zero attached hydrogens (tertiary/aromatic N) is 2. The first kappa shape index (κ1) is 10.4. The number of nitriles is 1. The van der Waals surface area contributed by atoms with Crippen LogP contribution in [0, 0.1) is 23.2 Å². The predicted octanol–water partition coefficient (Wildman–Crippen LogP) is 3.24. The van der Waals surface area contributed by atoms with E-state index in [-0.39, 0.29) is 0 Å². The van der Waals surface area contributed by atoms with E-state index in [0.717, 1.165) is 5.56 Å². The molecule has 0 N–H and O–H groups in total. The summed E-state index contributed by atoms with van der Waals surface area (Å²) in [6.07, 6.45) is 0. The fourth-order valence-corrected chi connectivity index (χ4v) is 2.73. The van der Waals surface area contributed by atoms with Crippen LogP contribution in [0.2, 0.25) is 0 Å². The standard InChI is InChI=1S/C10H3BrN2S2/c11-10-8(5-12)9(15-13-10)2-1-7-3-4-14-6-7/h3-4,6H. The Morgan fingerprint density at radius 3 is 2.93 bits per heavy atom. The van der Waals surface area contributed by atoms with Crippen molar-refractivity contribution < 1.29 is 0 Å². The van der Waals surface area contributed by atoms with Gasteiger partial charge in [-0.1, -0.05) is 5.92 Å². The molecule has 0 radical (unpaired) electrons. The Labute approximate surface area is 103 Å². The van der Waals surface area contributed by atoms with Crippen LogP contribution < -0.4 is 0 Å². The first-order valence-electron chi connectivity index (χ1n) is 3.90. The van der Waals surface area contributed by atoms with Gasteiger partial charge in [-0.25, -0.2) is 0 Å². The zero-order valence-corrected chi connectivity index (χ0v) is 10.5. The van der Waals surface area contributed by atoms with Crippen LogP contribution in [0.5, 0.6) is 0 Å². The molecule has 0 spiro atoms. The van der Waals surface area contributed by atoms with Crippen molar-refractivity contribution in [2.75, 3.05) is 0 Å². The molecule has 2 heterocycles. The monoisotopic (exact) mass is 294 g/mol. The molecule has 0 unspecified atom stereocenters. The first-order chi connectivity index (χ1) is 7.31. The largest absolute Gasteiger partial charge is 0.192 e. The molecule has 0 amide bonds. The number of hydrogen-bond acceptors (Lipinski definition) is 4. The summed E-state index contributed by atoms with van der Waals surface area (Å²) in [6.45, 7) is 0. The van der Waals surface area contributed by atoms with Gasteiger partial charge in [0.05, 0.1) is 0 Å². The fourth-order valence-electron chi connectivity index (χ4n) is 0.917. The molecule has 0 aromatic carbocycles. The maximum absolute atomic E-state index is 8.87. The highest BCUT2D eigenvalue weighted by Gasteiger charge is 2.08. The average Bonchev–Trinajstić information content (AvgIpc) is 2.84. The zero-order valence-electron chi connectivity index (χ0n) is 7.32. The summed E-state index contributed by atoms with van der Waals surface area (Å²) < 4.78 is 4.60. The second-order valence-electron chi connectivity index (χ2n) is 2.55. The van der Waals surface area contributed by atoms with Crippen molar-refractivity contribution in [3.63, 3.8) is 0 Å². The van der Waals surface area contributed by atoms with Gasteiger partial charge in [-0.05, 0) is 44.8 Å². The lowest BCUT2D eigenvalue weighted by molar-refractivity contribution is 1.42. The molecule has 2 rings (SSSR count). The Kier molecular flexibility index (Phi) is 3.17. The Balaban J connectivity index is 2.37. The van der Waals surface area contributed by atoms with Crippen molar-refractivity contribution in [3.05, 3.63) is 37.4 Å². The van der Waals surface area contributed by atoms with E-state index in [4.69, 9.17) is 5.26 Å². The van der Waals surface area contributed by atoms with Crippen molar-refractivity contribution in [2.45, 2.75) is 0 Å². The molecule has 0 fully saturated rings. The van der Waals surface area contributed by atoms with E-state index >= 15 is 0 Å². The lowest BCUT2D eigenvalue weighted by atomic mass is 10.3. The summed E-state index contributed by atoms with van der Waals surface area (Å²) in [7, 11) is 0. The maximum atomic E-state index is 8.87. The van der Waals surface area contributed by atoms with Gasteiger partial charge in [0.1, 0.15) is 21.1 Å². The molecule has 2 aromatic heterocycles. The molecule has 0 atom stereocenters. The molecular weight excluding hydrogens is 292 g/mol. The van der Waals surface area contributed by atoms with Gasteiger partial charge in [-0.3, -0.25) is 0 Å². The van der Waals surface area contributed by atoms with Crippen LogP contribution >= 0.6 is 38.8 Å². The molecule has 5 heteroatoms. The average molecular weight is 295 g/mol. The van der Waals surface area contributed by atoms with E-state index in [2.05, 4.69) is 38.2 Å². The van der Waals surface area contributed by atoms with Gasteiger partial charge in [-0.2, -0.15) is 21.0 Å². The summed E-state index contributed by atoms with van der Waals surface area (Å²) in [5, 5.41) is 12.8. The smallest absolute Gasteiger partial charge is 0.139 e. The number of rotatable bonds is 0. The Morgan fingerprint density at radius 2 is 2.27 bits per heavy atom. The van der Waals surface area contributed by atoms with Crippen molar-refractivity contribution in [2.24, 2.45) is 0 Å². The Hall–Kier alpha value is -1.14. The Bertz CT molecular complexity index is 567. The number of aromatic nitrogens is 1. The van der Waals surface area contributed by atoms with E-state index < -0.39 is 0 Å². The summed E-state index contributed by atoms with van der Waals surface area (Å²) in [5.41, 5.74) is 1.48. The second-order valence-corrected chi connectivity index (χ2v) is 4.86. The second kappa shape index (κ2) is 4.59.